The fraction of sp³-hybridized carbons (Fsp3) is 0.200. The highest BCUT2D eigenvalue weighted by Crippen LogP contribution is 2.44. The summed E-state index contributed by atoms with van der Waals surface area (Å²) < 4.78 is 64.0. The summed E-state index contributed by atoms with van der Waals surface area (Å²) in [5.41, 5.74) is 0.185. The van der Waals surface area contributed by atoms with Crippen LogP contribution in [-0.2, 0) is 5.92 Å². The molecule has 0 aliphatic carbocycles. The molecule has 6 heteroatoms. The average molecular weight is 320 g/mol. The Balaban J connectivity index is 2.55. The van der Waals surface area contributed by atoms with Crippen LogP contribution < -0.4 is 0 Å². The summed E-state index contributed by atoms with van der Waals surface area (Å²) in [5, 5.41) is 0.160. The van der Waals surface area contributed by atoms with Gasteiger partial charge in [-0.15, -0.1) is 0 Å². The third-order valence-corrected chi connectivity index (χ3v) is 3.24. The Kier molecular flexibility index (Phi) is 3.97. The molecule has 2 rings (SSSR count). The van der Waals surface area contributed by atoms with Gasteiger partial charge in [-0.05, 0) is 36.2 Å². The lowest BCUT2D eigenvalue weighted by molar-refractivity contribution is -0.289. The van der Waals surface area contributed by atoms with Crippen LogP contribution in [0.4, 0.5) is 22.0 Å². The maximum absolute atomic E-state index is 13.4. The van der Waals surface area contributed by atoms with Crippen LogP contribution in [0.25, 0.3) is 11.1 Å². The highest BCUT2D eigenvalue weighted by molar-refractivity contribution is 6.33. The summed E-state index contributed by atoms with van der Waals surface area (Å²) in [6.45, 7) is 1.74. The molecular weight excluding hydrogens is 311 g/mol. The van der Waals surface area contributed by atoms with Crippen molar-refractivity contribution in [2.45, 2.75) is 19.0 Å². The highest BCUT2D eigenvalue weighted by atomic mass is 35.5. The van der Waals surface area contributed by atoms with Crippen molar-refractivity contribution in [1.29, 1.82) is 0 Å². The van der Waals surface area contributed by atoms with Crippen molar-refractivity contribution in [1.82, 2.24) is 0 Å². The van der Waals surface area contributed by atoms with E-state index in [9.17, 15) is 22.0 Å². The maximum Gasteiger partial charge on any atom is 0.458 e. The van der Waals surface area contributed by atoms with Crippen LogP contribution in [0.15, 0.2) is 36.4 Å². The SMILES string of the molecule is Cc1c[c]c(Cl)c(-c2cccc(C(F)(F)C(F)(F)F)c2)c1. The molecule has 1 radical (unpaired) electrons. The van der Waals surface area contributed by atoms with Gasteiger partial charge in [0.2, 0.25) is 0 Å². The first kappa shape index (κ1) is 15.8. The van der Waals surface area contributed by atoms with Crippen LogP contribution in [0.5, 0.6) is 0 Å². The van der Waals surface area contributed by atoms with E-state index in [0.717, 1.165) is 23.8 Å². The number of benzene rings is 2. The minimum atomic E-state index is -5.64. The van der Waals surface area contributed by atoms with Crippen molar-refractivity contribution >= 4 is 11.6 Å². The monoisotopic (exact) mass is 319 g/mol. The van der Waals surface area contributed by atoms with Crippen LogP contribution in [0.3, 0.4) is 0 Å². The normalized spacial score (nSPS) is 12.5. The lowest BCUT2D eigenvalue weighted by Gasteiger charge is -2.20. The number of rotatable bonds is 2. The molecule has 0 bridgehead atoms. The molecule has 0 saturated carbocycles. The van der Waals surface area contributed by atoms with E-state index in [1.807, 2.05) is 0 Å². The standard InChI is InChI=1S/C15H9ClF5/c1-9-5-6-13(16)12(7-9)10-3-2-4-11(8-10)14(17,18)15(19,20)21/h2-5,7-8H,1H3. The first-order valence-corrected chi connectivity index (χ1v) is 6.24. The highest BCUT2D eigenvalue weighted by Gasteiger charge is 2.58. The molecule has 0 amide bonds. The van der Waals surface area contributed by atoms with E-state index in [4.69, 9.17) is 11.6 Å². The Bertz CT molecular complexity index is 661. The number of hydrogen-bond acceptors (Lipinski definition) is 0. The average Bonchev–Trinajstić information content (AvgIpc) is 2.40. The van der Waals surface area contributed by atoms with Gasteiger partial charge in [0, 0.05) is 17.2 Å². The van der Waals surface area contributed by atoms with Gasteiger partial charge in [0.15, 0.2) is 0 Å². The molecule has 2 aromatic carbocycles. The first-order valence-electron chi connectivity index (χ1n) is 5.86. The number of aryl methyl sites for hydroxylation is 1. The van der Waals surface area contributed by atoms with E-state index >= 15 is 0 Å². The topological polar surface area (TPSA) is 0 Å². The third kappa shape index (κ3) is 3.02. The first-order chi connectivity index (χ1) is 9.63. The van der Waals surface area contributed by atoms with Crippen LogP contribution in [0.2, 0.25) is 5.02 Å². The van der Waals surface area contributed by atoms with E-state index in [-0.39, 0.29) is 10.6 Å². The Morgan fingerprint density at radius 2 is 1.71 bits per heavy atom. The van der Waals surface area contributed by atoms with Crippen LogP contribution in [0.1, 0.15) is 11.1 Å². The van der Waals surface area contributed by atoms with Crippen molar-refractivity contribution in [3.05, 3.63) is 58.6 Å². The summed E-state index contributed by atoms with van der Waals surface area (Å²) in [6.07, 6.45) is -5.64. The maximum atomic E-state index is 13.4. The molecule has 111 valence electrons. The minimum Gasteiger partial charge on any atom is -0.191 e. The molecular formula is C15H9ClF5. The molecule has 21 heavy (non-hydrogen) atoms. The van der Waals surface area contributed by atoms with E-state index in [1.54, 1.807) is 19.1 Å². The second-order valence-corrected chi connectivity index (χ2v) is 4.94. The molecule has 2 aromatic rings. The van der Waals surface area contributed by atoms with Gasteiger partial charge in [0.1, 0.15) is 0 Å². The Morgan fingerprint density at radius 1 is 1.05 bits per heavy atom. The largest absolute Gasteiger partial charge is 0.458 e. The predicted octanol–water partition coefficient (Wildman–Crippen LogP) is 5.77. The molecule has 0 aliphatic heterocycles. The lowest BCUT2D eigenvalue weighted by atomic mass is 9.99. The summed E-state index contributed by atoms with van der Waals surface area (Å²) in [4.78, 5) is 0. The van der Waals surface area contributed by atoms with Crippen molar-refractivity contribution < 1.29 is 22.0 Å². The second-order valence-electron chi connectivity index (χ2n) is 4.56. The van der Waals surface area contributed by atoms with Crippen LogP contribution in [0, 0.1) is 13.0 Å². The van der Waals surface area contributed by atoms with Crippen molar-refractivity contribution in [2.75, 3.05) is 0 Å². The van der Waals surface area contributed by atoms with Gasteiger partial charge in [0.25, 0.3) is 0 Å². The van der Waals surface area contributed by atoms with Gasteiger partial charge >= 0.3 is 12.1 Å². The van der Waals surface area contributed by atoms with Gasteiger partial charge in [-0.1, -0.05) is 29.8 Å². The van der Waals surface area contributed by atoms with Crippen LogP contribution in [-0.4, -0.2) is 6.18 Å². The molecule has 0 aliphatic rings. The van der Waals surface area contributed by atoms with Gasteiger partial charge in [0.05, 0.1) is 5.02 Å². The van der Waals surface area contributed by atoms with E-state index in [2.05, 4.69) is 6.07 Å². The molecule has 0 fully saturated rings. The molecule has 0 unspecified atom stereocenters. The second kappa shape index (κ2) is 5.30. The zero-order valence-corrected chi connectivity index (χ0v) is 11.5. The van der Waals surface area contributed by atoms with E-state index < -0.39 is 17.7 Å². The van der Waals surface area contributed by atoms with Crippen LogP contribution >= 0.6 is 11.6 Å². The van der Waals surface area contributed by atoms with Crippen molar-refractivity contribution in [2.24, 2.45) is 0 Å². The summed E-state index contributed by atoms with van der Waals surface area (Å²) in [6, 6.07) is 10.0. The van der Waals surface area contributed by atoms with Crippen molar-refractivity contribution in [3.63, 3.8) is 0 Å². The Hall–Kier alpha value is -1.62. The zero-order valence-electron chi connectivity index (χ0n) is 10.7. The smallest absolute Gasteiger partial charge is 0.191 e. The molecule has 0 saturated heterocycles. The predicted molar refractivity (Wildman–Crippen MR) is 70.4 cm³/mol. The fourth-order valence-corrected chi connectivity index (χ4v) is 2.06. The molecule has 0 spiro atoms. The number of halogens is 6. The summed E-state index contributed by atoms with van der Waals surface area (Å²) >= 11 is 5.92. The lowest BCUT2D eigenvalue weighted by Crippen LogP contribution is -2.33. The van der Waals surface area contributed by atoms with Gasteiger partial charge in [-0.3, -0.25) is 0 Å². The number of hydrogen-bond donors (Lipinski definition) is 0. The summed E-state index contributed by atoms with van der Waals surface area (Å²) in [5.74, 6) is -4.91. The molecule has 0 heterocycles. The zero-order chi connectivity index (χ0) is 15.8. The fourth-order valence-electron chi connectivity index (χ4n) is 1.84. The Labute approximate surface area is 123 Å². The summed E-state index contributed by atoms with van der Waals surface area (Å²) in [7, 11) is 0. The molecule has 0 nitrogen and oxygen atoms in total. The quantitative estimate of drug-likeness (QED) is 0.616. The van der Waals surface area contributed by atoms with Gasteiger partial charge in [-0.25, -0.2) is 0 Å². The third-order valence-electron chi connectivity index (χ3n) is 2.93. The molecule has 0 atom stereocenters. The van der Waals surface area contributed by atoms with Gasteiger partial charge in [-0.2, -0.15) is 22.0 Å². The minimum absolute atomic E-state index is 0.160. The van der Waals surface area contributed by atoms with E-state index in [1.165, 1.54) is 6.07 Å². The van der Waals surface area contributed by atoms with E-state index in [0.29, 0.717) is 5.56 Å². The van der Waals surface area contributed by atoms with Gasteiger partial charge < -0.3 is 0 Å². The Morgan fingerprint density at radius 3 is 2.33 bits per heavy atom. The molecule has 0 aromatic heterocycles. The molecule has 0 N–H and O–H groups in total. The number of alkyl halides is 5. The van der Waals surface area contributed by atoms with Crippen molar-refractivity contribution in [3.8, 4) is 11.1 Å².